The third kappa shape index (κ3) is 5.07. The molecular weight excluding hydrogens is 357 g/mol. The van der Waals surface area contributed by atoms with Gasteiger partial charge in [-0.1, -0.05) is 36.4 Å². The number of hydrogen-bond donors (Lipinski definition) is 2. The van der Waals surface area contributed by atoms with Crippen LogP contribution in [0.1, 0.15) is 21.6 Å². The van der Waals surface area contributed by atoms with Crippen molar-refractivity contribution >= 4 is 11.6 Å². The number of anilines is 1. The second-order valence-corrected chi connectivity index (χ2v) is 6.19. The molecule has 5 nitrogen and oxygen atoms in total. The van der Waals surface area contributed by atoms with Gasteiger partial charge in [0.15, 0.2) is 0 Å². The first-order valence-electron chi connectivity index (χ1n) is 9.01. The van der Waals surface area contributed by atoms with Crippen molar-refractivity contribution in [1.29, 1.82) is 0 Å². The summed E-state index contributed by atoms with van der Waals surface area (Å²) in [5, 5.41) is 6.05. The van der Waals surface area contributed by atoms with Crippen LogP contribution in [0, 0.1) is 5.82 Å². The van der Waals surface area contributed by atoms with Crippen LogP contribution in [0.2, 0.25) is 0 Å². The Morgan fingerprint density at radius 1 is 1.07 bits per heavy atom. The molecule has 0 aliphatic heterocycles. The van der Waals surface area contributed by atoms with E-state index in [1.165, 1.54) is 6.07 Å². The van der Waals surface area contributed by atoms with Crippen molar-refractivity contribution in [2.24, 2.45) is 0 Å². The molecule has 0 fully saturated rings. The van der Waals surface area contributed by atoms with E-state index in [2.05, 4.69) is 15.6 Å². The first-order valence-corrected chi connectivity index (χ1v) is 9.01. The molecule has 6 heteroatoms. The molecule has 0 radical (unpaired) electrons. The Balaban J connectivity index is 1.56. The topological polar surface area (TPSA) is 63.2 Å². The van der Waals surface area contributed by atoms with E-state index in [9.17, 15) is 9.18 Å². The SMILES string of the molecule is COc1ccccc1CNc1ccnc(C(=O)NCCc2ccccc2F)c1. The van der Waals surface area contributed by atoms with E-state index in [-0.39, 0.29) is 11.7 Å². The Morgan fingerprint density at radius 3 is 2.61 bits per heavy atom. The zero-order valence-electron chi connectivity index (χ0n) is 15.6. The number of carbonyl (C=O) groups excluding carboxylic acids is 1. The molecule has 3 aromatic rings. The minimum absolute atomic E-state index is 0.266. The molecule has 0 unspecified atom stereocenters. The number of pyridine rings is 1. The van der Waals surface area contributed by atoms with Gasteiger partial charge in [0, 0.05) is 30.5 Å². The third-order valence-electron chi connectivity index (χ3n) is 4.31. The summed E-state index contributed by atoms with van der Waals surface area (Å²) in [4.78, 5) is 16.5. The van der Waals surface area contributed by atoms with Crippen LogP contribution < -0.4 is 15.4 Å². The number of ether oxygens (including phenoxy) is 1. The lowest BCUT2D eigenvalue weighted by molar-refractivity contribution is 0.0949. The predicted octanol–water partition coefficient (Wildman–Crippen LogP) is 3.81. The predicted molar refractivity (Wildman–Crippen MR) is 107 cm³/mol. The van der Waals surface area contributed by atoms with E-state index in [0.717, 1.165) is 17.0 Å². The quantitative estimate of drug-likeness (QED) is 0.625. The number of methoxy groups -OCH3 is 1. The summed E-state index contributed by atoms with van der Waals surface area (Å²) in [5.74, 6) is 0.241. The molecular formula is C22H22FN3O2. The zero-order chi connectivity index (χ0) is 19.8. The van der Waals surface area contributed by atoms with Crippen LogP contribution in [0.4, 0.5) is 10.1 Å². The van der Waals surface area contributed by atoms with Crippen LogP contribution in [-0.4, -0.2) is 24.5 Å². The Hall–Kier alpha value is -3.41. The largest absolute Gasteiger partial charge is 0.496 e. The highest BCUT2D eigenvalue weighted by atomic mass is 19.1. The van der Waals surface area contributed by atoms with Gasteiger partial charge in [0.1, 0.15) is 17.3 Å². The van der Waals surface area contributed by atoms with E-state index in [1.807, 2.05) is 24.3 Å². The Bertz CT molecular complexity index is 946. The molecule has 2 aromatic carbocycles. The van der Waals surface area contributed by atoms with E-state index in [4.69, 9.17) is 4.74 Å². The first kappa shape index (κ1) is 19.4. The molecule has 0 atom stereocenters. The summed E-state index contributed by atoms with van der Waals surface area (Å²) >= 11 is 0. The number of aromatic nitrogens is 1. The molecule has 144 valence electrons. The van der Waals surface area contributed by atoms with Crippen LogP contribution in [0.3, 0.4) is 0 Å². The molecule has 0 spiro atoms. The lowest BCUT2D eigenvalue weighted by atomic mass is 10.1. The standard InChI is InChI=1S/C22H22FN3O2/c1-28-21-9-5-3-7-17(21)15-26-18-11-13-24-20(14-18)22(27)25-12-10-16-6-2-4-8-19(16)23/h2-9,11,13-14H,10,12,15H2,1H3,(H,24,26)(H,25,27). The molecule has 0 aliphatic rings. The van der Waals surface area contributed by atoms with Gasteiger partial charge in [-0.3, -0.25) is 9.78 Å². The lowest BCUT2D eigenvalue weighted by Gasteiger charge is -2.11. The molecule has 3 rings (SSSR count). The Labute approximate surface area is 163 Å². The fourth-order valence-corrected chi connectivity index (χ4v) is 2.81. The van der Waals surface area contributed by atoms with Crippen molar-refractivity contribution in [3.8, 4) is 5.75 Å². The summed E-state index contributed by atoms with van der Waals surface area (Å²) in [6.45, 7) is 0.892. The van der Waals surface area contributed by atoms with Crippen molar-refractivity contribution < 1.29 is 13.9 Å². The molecule has 0 bridgehead atoms. The fraction of sp³-hybridized carbons (Fsp3) is 0.182. The maximum absolute atomic E-state index is 13.6. The summed E-state index contributed by atoms with van der Waals surface area (Å²) in [5.41, 5.74) is 2.67. The lowest BCUT2D eigenvalue weighted by Crippen LogP contribution is -2.26. The summed E-state index contributed by atoms with van der Waals surface area (Å²) in [6, 6.07) is 17.8. The van der Waals surface area contributed by atoms with Crippen LogP contribution in [0.25, 0.3) is 0 Å². The van der Waals surface area contributed by atoms with Gasteiger partial charge in [0.2, 0.25) is 0 Å². The van der Waals surface area contributed by atoms with Crippen LogP contribution in [0.15, 0.2) is 66.9 Å². The number of amides is 1. The molecule has 1 amide bonds. The van der Waals surface area contributed by atoms with Gasteiger partial charge in [-0.25, -0.2) is 4.39 Å². The minimum Gasteiger partial charge on any atom is -0.496 e. The van der Waals surface area contributed by atoms with Crippen molar-refractivity contribution in [1.82, 2.24) is 10.3 Å². The molecule has 1 aromatic heterocycles. The highest BCUT2D eigenvalue weighted by Gasteiger charge is 2.09. The number of rotatable bonds is 8. The van der Waals surface area contributed by atoms with Gasteiger partial charge >= 0.3 is 0 Å². The molecule has 28 heavy (non-hydrogen) atoms. The molecule has 0 aliphatic carbocycles. The maximum atomic E-state index is 13.6. The number of benzene rings is 2. The van der Waals surface area contributed by atoms with E-state index in [0.29, 0.717) is 30.8 Å². The van der Waals surface area contributed by atoms with Gasteiger partial charge in [-0.15, -0.1) is 0 Å². The van der Waals surface area contributed by atoms with E-state index in [1.54, 1.807) is 43.6 Å². The molecule has 0 saturated heterocycles. The molecule has 2 N–H and O–H groups in total. The van der Waals surface area contributed by atoms with Gasteiger partial charge in [0.05, 0.1) is 7.11 Å². The average molecular weight is 379 g/mol. The van der Waals surface area contributed by atoms with Gasteiger partial charge in [-0.2, -0.15) is 0 Å². The number of nitrogens with one attached hydrogen (secondary N) is 2. The highest BCUT2D eigenvalue weighted by Crippen LogP contribution is 2.19. The number of halogens is 1. The third-order valence-corrected chi connectivity index (χ3v) is 4.31. The van der Waals surface area contributed by atoms with Crippen LogP contribution in [-0.2, 0) is 13.0 Å². The van der Waals surface area contributed by atoms with Gasteiger partial charge in [-0.05, 0) is 36.2 Å². The second-order valence-electron chi connectivity index (χ2n) is 6.19. The average Bonchev–Trinajstić information content (AvgIpc) is 2.74. The second kappa shape index (κ2) is 9.50. The number of carbonyl (C=O) groups is 1. The highest BCUT2D eigenvalue weighted by molar-refractivity contribution is 5.93. The zero-order valence-corrected chi connectivity index (χ0v) is 15.6. The molecule has 0 saturated carbocycles. The van der Waals surface area contributed by atoms with Crippen molar-refractivity contribution in [2.75, 3.05) is 19.0 Å². The van der Waals surface area contributed by atoms with Crippen LogP contribution >= 0.6 is 0 Å². The smallest absolute Gasteiger partial charge is 0.269 e. The Kier molecular flexibility index (Phi) is 6.57. The normalized spacial score (nSPS) is 10.4. The monoisotopic (exact) mass is 379 g/mol. The van der Waals surface area contributed by atoms with Crippen molar-refractivity contribution in [3.05, 3.63) is 89.5 Å². The van der Waals surface area contributed by atoms with E-state index >= 15 is 0 Å². The van der Waals surface area contributed by atoms with Crippen LogP contribution in [0.5, 0.6) is 5.75 Å². The Morgan fingerprint density at radius 2 is 1.82 bits per heavy atom. The summed E-state index contributed by atoms with van der Waals surface area (Å²) in [7, 11) is 1.63. The number of para-hydroxylation sites is 1. The summed E-state index contributed by atoms with van der Waals surface area (Å²) in [6.07, 6.45) is 2.00. The van der Waals surface area contributed by atoms with E-state index < -0.39 is 0 Å². The maximum Gasteiger partial charge on any atom is 0.269 e. The number of hydrogen-bond acceptors (Lipinski definition) is 4. The summed E-state index contributed by atoms with van der Waals surface area (Å²) < 4.78 is 19.0. The minimum atomic E-state index is -0.294. The molecule has 1 heterocycles. The fourth-order valence-electron chi connectivity index (χ4n) is 2.81. The van der Waals surface area contributed by atoms with Gasteiger partial charge < -0.3 is 15.4 Å². The number of nitrogens with zero attached hydrogens (tertiary/aromatic N) is 1. The van der Waals surface area contributed by atoms with Crippen molar-refractivity contribution in [3.63, 3.8) is 0 Å². The first-order chi connectivity index (χ1) is 13.7. The van der Waals surface area contributed by atoms with Crippen molar-refractivity contribution in [2.45, 2.75) is 13.0 Å². The van der Waals surface area contributed by atoms with Gasteiger partial charge in [0.25, 0.3) is 5.91 Å².